The molecular formula is C8H8INO4S. The van der Waals surface area contributed by atoms with Crippen molar-refractivity contribution in [1.29, 1.82) is 0 Å². The summed E-state index contributed by atoms with van der Waals surface area (Å²) in [7, 11) is 0. The lowest BCUT2D eigenvalue weighted by Crippen LogP contribution is -2.12. The minimum atomic E-state index is -0.103. The van der Waals surface area contributed by atoms with Gasteiger partial charge >= 0.3 is 0 Å². The van der Waals surface area contributed by atoms with Gasteiger partial charge in [0.1, 0.15) is 0 Å². The monoisotopic (exact) mass is 341 g/mol. The van der Waals surface area contributed by atoms with Crippen molar-refractivity contribution < 1.29 is 19.4 Å². The van der Waals surface area contributed by atoms with Gasteiger partial charge in [-0.1, -0.05) is 39.8 Å². The van der Waals surface area contributed by atoms with Gasteiger partial charge in [-0.3, -0.25) is 4.79 Å². The van der Waals surface area contributed by atoms with Crippen molar-refractivity contribution in [1.82, 2.24) is 0 Å². The summed E-state index contributed by atoms with van der Waals surface area (Å²) >= 11 is 2.78. The maximum Gasteiger partial charge on any atom is 0.234 e. The lowest BCUT2D eigenvalue weighted by atomic mass is 10.3. The Kier molecular flexibility index (Phi) is 5.95. The topological polar surface area (TPSA) is 67.8 Å². The van der Waals surface area contributed by atoms with Gasteiger partial charge in [-0.2, -0.15) is 0 Å². The second kappa shape index (κ2) is 7.01. The highest BCUT2D eigenvalue weighted by atomic mass is 127. The Hall–Kier alpha value is -0.350. The van der Waals surface area contributed by atoms with E-state index in [9.17, 15) is 4.79 Å². The van der Waals surface area contributed by atoms with Gasteiger partial charge in [0.05, 0.1) is 27.1 Å². The highest BCUT2D eigenvalue weighted by Gasteiger charge is 2.06. The van der Waals surface area contributed by atoms with Crippen molar-refractivity contribution in [3.05, 3.63) is 24.3 Å². The molecule has 0 aliphatic heterocycles. The molecule has 1 amide bonds. The highest BCUT2D eigenvalue weighted by molar-refractivity contribution is 14.1. The molecule has 0 aromatic heterocycles. The molecule has 1 aromatic rings. The Morgan fingerprint density at radius 2 is 2.27 bits per heavy atom. The molecule has 0 heterocycles. The van der Waals surface area contributed by atoms with Crippen LogP contribution >= 0.6 is 34.6 Å². The summed E-state index contributed by atoms with van der Waals surface area (Å²) in [6.45, 7) is 0. The van der Waals surface area contributed by atoms with Crippen LogP contribution in [0.2, 0.25) is 0 Å². The van der Waals surface area contributed by atoms with E-state index in [1.165, 1.54) is 0 Å². The number of anilines is 1. The van der Waals surface area contributed by atoms with Crippen LogP contribution in [0, 0.1) is 0 Å². The third-order valence-electron chi connectivity index (χ3n) is 1.44. The Morgan fingerprint density at radius 3 is 2.93 bits per heavy atom. The summed E-state index contributed by atoms with van der Waals surface area (Å²) in [5.41, 5.74) is 0.612. The van der Waals surface area contributed by atoms with Crippen LogP contribution in [-0.4, -0.2) is 15.6 Å². The molecule has 7 heteroatoms. The van der Waals surface area contributed by atoms with Crippen LogP contribution in [0.3, 0.4) is 0 Å². The summed E-state index contributed by atoms with van der Waals surface area (Å²) in [5, 5.41) is 14.2. The van der Waals surface area contributed by atoms with E-state index in [4.69, 9.17) is 5.26 Å². The maximum absolute atomic E-state index is 11.2. The first kappa shape index (κ1) is 12.7. The largest absolute Gasteiger partial charge is 0.324 e. The number of alkyl halides is 1. The lowest BCUT2D eigenvalue weighted by molar-refractivity contribution is -0.432. The fraction of sp³-hybridized carbons (Fsp3) is 0.125. The highest BCUT2D eigenvalue weighted by Crippen LogP contribution is 2.27. The van der Waals surface area contributed by atoms with Crippen LogP contribution in [0.25, 0.3) is 0 Å². The third-order valence-corrected chi connectivity index (χ3v) is 2.79. The number of carbonyl (C=O) groups excluding carboxylic acids is 1. The van der Waals surface area contributed by atoms with Crippen molar-refractivity contribution in [2.45, 2.75) is 4.90 Å². The molecule has 5 nitrogen and oxygen atoms in total. The molecule has 0 saturated carbocycles. The molecule has 2 N–H and O–H groups in total. The van der Waals surface area contributed by atoms with Gasteiger partial charge < -0.3 is 5.32 Å². The van der Waals surface area contributed by atoms with Crippen molar-refractivity contribution in [2.24, 2.45) is 0 Å². The zero-order chi connectivity index (χ0) is 11.1. The quantitative estimate of drug-likeness (QED) is 0.283. The van der Waals surface area contributed by atoms with Gasteiger partial charge in [0.2, 0.25) is 5.91 Å². The molecule has 1 rings (SSSR count). The molecule has 0 aliphatic rings. The SMILES string of the molecule is O=C(CI)Nc1ccccc1SOOO. The second-order valence-corrected chi connectivity index (χ2v) is 3.91. The van der Waals surface area contributed by atoms with E-state index in [1.807, 2.05) is 22.6 Å². The molecule has 0 saturated heterocycles. The molecular weight excluding hydrogens is 333 g/mol. The van der Waals surface area contributed by atoms with Crippen LogP contribution in [0.4, 0.5) is 5.69 Å². The first-order valence-corrected chi connectivity index (χ1v) is 6.14. The average Bonchev–Trinajstić information content (AvgIpc) is 2.28. The summed E-state index contributed by atoms with van der Waals surface area (Å²) in [4.78, 5) is 11.8. The van der Waals surface area contributed by atoms with Gasteiger partial charge in [0, 0.05) is 0 Å². The predicted octanol–water partition coefficient (Wildman–Crippen LogP) is 2.49. The number of carbonyl (C=O) groups is 1. The number of para-hydroxylation sites is 1. The fourth-order valence-electron chi connectivity index (χ4n) is 0.878. The van der Waals surface area contributed by atoms with Gasteiger partial charge in [-0.15, -0.1) is 4.33 Å². The van der Waals surface area contributed by atoms with Crippen LogP contribution in [0.1, 0.15) is 0 Å². The molecule has 0 atom stereocenters. The van der Waals surface area contributed by atoms with Gasteiger partial charge in [0.15, 0.2) is 0 Å². The van der Waals surface area contributed by atoms with Crippen molar-refractivity contribution in [2.75, 3.05) is 9.74 Å². The summed E-state index contributed by atoms with van der Waals surface area (Å²) in [6.07, 6.45) is 0. The first-order valence-electron chi connectivity index (χ1n) is 3.87. The Bertz CT molecular complexity index is 336. The number of rotatable bonds is 5. The minimum Gasteiger partial charge on any atom is -0.324 e. The van der Waals surface area contributed by atoms with E-state index < -0.39 is 0 Å². The molecule has 1 aromatic carbocycles. The number of halogens is 1. The third kappa shape index (κ3) is 4.34. The number of hydrogen-bond acceptors (Lipinski definition) is 5. The first-order chi connectivity index (χ1) is 7.27. The van der Waals surface area contributed by atoms with E-state index >= 15 is 0 Å². The normalized spacial score (nSPS) is 10.0. The van der Waals surface area contributed by atoms with E-state index in [0.717, 1.165) is 12.0 Å². The molecule has 0 unspecified atom stereocenters. The fourth-order valence-corrected chi connectivity index (χ4v) is 1.52. The smallest absolute Gasteiger partial charge is 0.234 e. The maximum atomic E-state index is 11.2. The lowest BCUT2D eigenvalue weighted by Gasteiger charge is -2.07. The van der Waals surface area contributed by atoms with Crippen LogP contribution in [0.5, 0.6) is 0 Å². The molecule has 0 spiro atoms. The van der Waals surface area contributed by atoms with Crippen molar-refractivity contribution in [3.8, 4) is 0 Å². The van der Waals surface area contributed by atoms with E-state index in [2.05, 4.69) is 14.7 Å². The Morgan fingerprint density at radius 1 is 1.53 bits per heavy atom. The van der Waals surface area contributed by atoms with Crippen molar-refractivity contribution >= 4 is 46.2 Å². The standard InChI is InChI=1S/C8H8INO4S/c9-5-8(11)10-6-3-1-2-4-7(6)15-14-13-12/h1-4,12H,5H2,(H,10,11). The molecule has 82 valence electrons. The number of benzene rings is 1. The van der Waals surface area contributed by atoms with E-state index in [-0.39, 0.29) is 5.91 Å². The zero-order valence-electron chi connectivity index (χ0n) is 7.47. The average molecular weight is 341 g/mol. The molecule has 0 fully saturated rings. The predicted molar refractivity (Wildman–Crippen MR) is 64.6 cm³/mol. The molecule has 0 radical (unpaired) electrons. The van der Waals surface area contributed by atoms with Gasteiger partial charge in [0.25, 0.3) is 0 Å². The van der Waals surface area contributed by atoms with Gasteiger partial charge in [-0.05, 0) is 12.1 Å². The number of nitrogens with one attached hydrogen (secondary N) is 1. The van der Waals surface area contributed by atoms with Crippen LogP contribution in [0.15, 0.2) is 29.2 Å². The molecule has 0 bridgehead atoms. The second-order valence-electron chi connectivity index (χ2n) is 2.40. The molecule has 0 aliphatic carbocycles. The zero-order valence-corrected chi connectivity index (χ0v) is 10.4. The number of amides is 1. The number of hydrogen-bond donors (Lipinski definition) is 2. The van der Waals surface area contributed by atoms with Crippen LogP contribution < -0.4 is 5.32 Å². The van der Waals surface area contributed by atoms with Crippen LogP contribution in [-0.2, 0) is 14.2 Å². The van der Waals surface area contributed by atoms with E-state index in [1.54, 1.807) is 24.3 Å². The summed E-state index contributed by atoms with van der Waals surface area (Å²) in [5.74, 6) is -0.103. The summed E-state index contributed by atoms with van der Waals surface area (Å²) < 4.78 is 4.66. The Labute approximate surface area is 104 Å². The summed E-state index contributed by atoms with van der Waals surface area (Å²) in [6, 6.07) is 7.02. The Balaban J connectivity index is 2.72. The van der Waals surface area contributed by atoms with E-state index in [0.29, 0.717) is 15.0 Å². The van der Waals surface area contributed by atoms with Crippen molar-refractivity contribution in [3.63, 3.8) is 0 Å². The minimum absolute atomic E-state index is 0.103. The van der Waals surface area contributed by atoms with Gasteiger partial charge in [-0.25, -0.2) is 5.26 Å². The molecule has 15 heavy (non-hydrogen) atoms.